The zero-order valence-electron chi connectivity index (χ0n) is 21.0. The summed E-state index contributed by atoms with van der Waals surface area (Å²) in [6.45, 7) is 7.36. The van der Waals surface area contributed by atoms with Crippen LogP contribution in [0.25, 0.3) is 6.08 Å². The first kappa shape index (κ1) is 24.0. The van der Waals surface area contributed by atoms with E-state index in [1.165, 1.54) is 16.7 Å². The van der Waals surface area contributed by atoms with Crippen molar-refractivity contribution in [3.8, 4) is 23.0 Å². The molecule has 34 heavy (non-hydrogen) atoms. The van der Waals surface area contributed by atoms with Gasteiger partial charge in [0.2, 0.25) is 0 Å². The Morgan fingerprint density at radius 1 is 0.912 bits per heavy atom. The Morgan fingerprint density at radius 3 is 2.21 bits per heavy atom. The lowest BCUT2D eigenvalue weighted by atomic mass is 9.77. The highest BCUT2D eigenvalue weighted by molar-refractivity contribution is 5.62. The Hall–Kier alpha value is -3.12. The third-order valence-electron chi connectivity index (χ3n) is 6.90. The van der Waals surface area contributed by atoms with Crippen LogP contribution in [0.2, 0.25) is 0 Å². The number of benzene rings is 2. The van der Waals surface area contributed by atoms with Gasteiger partial charge in [0.05, 0.1) is 28.4 Å². The lowest BCUT2D eigenvalue weighted by Gasteiger charge is -2.34. The van der Waals surface area contributed by atoms with Crippen LogP contribution in [0.3, 0.4) is 0 Å². The molecule has 0 amide bonds. The molecule has 6 nitrogen and oxygen atoms in total. The smallest absolute Gasteiger partial charge is 0.161 e. The van der Waals surface area contributed by atoms with Gasteiger partial charge in [0.1, 0.15) is 0 Å². The molecule has 0 aromatic heterocycles. The average molecular weight is 465 g/mol. The van der Waals surface area contributed by atoms with Gasteiger partial charge in [-0.3, -0.25) is 0 Å². The van der Waals surface area contributed by atoms with Crippen LogP contribution in [0, 0.1) is 0 Å². The van der Waals surface area contributed by atoms with Crippen LogP contribution in [0.5, 0.6) is 23.0 Å². The van der Waals surface area contributed by atoms with Crippen molar-refractivity contribution in [2.75, 3.05) is 55.1 Å². The lowest BCUT2D eigenvalue weighted by molar-refractivity contribution is 0.281. The van der Waals surface area contributed by atoms with Crippen molar-refractivity contribution in [1.29, 1.82) is 0 Å². The van der Waals surface area contributed by atoms with Gasteiger partial charge in [-0.1, -0.05) is 6.58 Å². The maximum absolute atomic E-state index is 5.49. The van der Waals surface area contributed by atoms with Crippen LogP contribution < -0.4 is 18.9 Å². The van der Waals surface area contributed by atoms with Crippen molar-refractivity contribution in [2.24, 2.45) is 0 Å². The van der Waals surface area contributed by atoms with E-state index in [9.17, 15) is 0 Å². The second-order valence-electron chi connectivity index (χ2n) is 9.08. The molecule has 0 saturated carbocycles. The fourth-order valence-electron chi connectivity index (χ4n) is 4.95. The van der Waals surface area contributed by atoms with Gasteiger partial charge in [-0.2, -0.15) is 0 Å². The summed E-state index contributed by atoms with van der Waals surface area (Å²) < 4.78 is 21.9. The van der Waals surface area contributed by atoms with Crippen molar-refractivity contribution in [3.05, 3.63) is 65.0 Å². The predicted octanol–water partition coefficient (Wildman–Crippen LogP) is 4.73. The highest BCUT2D eigenvalue weighted by Gasteiger charge is 2.29. The van der Waals surface area contributed by atoms with Gasteiger partial charge in [0.25, 0.3) is 0 Å². The van der Waals surface area contributed by atoms with Crippen molar-refractivity contribution >= 4 is 6.08 Å². The second-order valence-corrected chi connectivity index (χ2v) is 9.08. The first-order chi connectivity index (χ1) is 16.5. The molecule has 0 bridgehead atoms. The van der Waals surface area contributed by atoms with Crippen LogP contribution in [0.15, 0.2) is 42.7 Å². The molecule has 0 fully saturated rings. The number of rotatable bonds is 10. The Bertz CT molecular complexity index is 1080. The number of likely N-dealkylation sites (N-methyl/N-ethyl adjacent to an activating group) is 1. The van der Waals surface area contributed by atoms with Crippen LogP contribution in [-0.2, 0) is 12.8 Å². The molecule has 6 heteroatoms. The molecule has 2 aliphatic rings. The average Bonchev–Trinajstić information content (AvgIpc) is 2.98. The maximum atomic E-state index is 5.49. The number of nitrogens with zero attached hydrogens (tertiary/aromatic N) is 2. The second kappa shape index (κ2) is 10.4. The highest BCUT2D eigenvalue weighted by atomic mass is 16.5. The molecule has 1 heterocycles. The Balaban J connectivity index is 1.30. The van der Waals surface area contributed by atoms with E-state index in [1.807, 2.05) is 6.07 Å². The summed E-state index contributed by atoms with van der Waals surface area (Å²) in [6, 6.07) is 8.35. The summed E-state index contributed by atoms with van der Waals surface area (Å²) in [7, 11) is 8.93. The number of hydrogen-bond donors (Lipinski definition) is 0. The number of allylic oxidation sites excluding steroid dienone is 1. The zero-order valence-corrected chi connectivity index (χ0v) is 21.0. The van der Waals surface area contributed by atoms with Gasteiger partial charge in [-0.05, 0) is 79.0 Å². The van der Waals surface area contributed by atoms with E-state index < -0.39 is 0 Å². The summed E-state index contributed by atoms with van der Waals surface area (Å²) in [4.78, 5) is 4.70. The molecule has 4 rings (SSSR count). The van der Waals surface area contributed by atoms with Gasteiger partial charge in [0.15, 0.2) is 23.0 Å². The fraction of sp³-hybridized carbons (Fsp3) is 0.429. The molecule has 1 aliphatic heterocycles. The lowest BCUT2D eigenvalue weighted by Crippen LogP contribution is -2.32. The minimum Gasteiger partial charge on any atom is -0.493 e. The molecule has 0 N–H and O–H groups in total. The Morgan fingerprint density at radius 2 is 1.53 bits per heavy atom. The molecule has 1 atom stereocenters. The molecule has 0 unspecified atom stereocenters. The van der Waals surface area contributed by atoms with E-state index in [0.29, 0.717) is 5.92 Å². The van der Waals surface area contributed by atoms with Crippen LogP contribution in [0.4, 0.5) is 0 Å². The normalized spacial score (nSPS) is 16.5. The minimum atomic E-state index is 0.548. The third kappa shape index (κ3) is 4.87. The standard InChI is InChI=1S/C28H36N2O4/c1-19-12-21-15-26(32-4)25(31-3)14-20(21)8-11-30(19)10-7-9-29(2)18-23-13-22-16-27(33-5)28(34-6)17-24(22)23/h8,11,14-17,23H,1,7,9-10,12-13,18H2,2-6H3/t23-/m1/s1. The summed E-state index contributed by atoms with van der Waals surface area (Å²) >= 11 is 0. The summed E-state index contributed by atoms with van der Waals surface area (Å²) in [5.74, 6) is 3.69. The molecule has 182 valence electrons. The number of ether oxygens (including phenoxy) is 4. The quantitative estimate of drug-likeness (QED) is 0.507. The monoisotopic (exact) mass is 464 g/mol. The first-order valence-electron chi connectivity index (χ1n) is 11.8. The van der Waals surface area contributed by atoms with E-state index in [-0.39, 0.29) is 0 Å². The maximum Gasteiger partial charge on any atom is 0.161 e. The molecule has 2 aromatic rings. The minimum absolute atomic E-state index is 0.548. The molecule has 0 saturated heterocycles. The topological polar surface area (TPSA) is 43.4 Å². The highest BCUT2D eigenvalue weighted by Crippen LogP contribution is 2.42. The van der Waals surface area contributed by atoms with E-state index in [4.69, 9.17) is 18.9 Å². The molecule has 0 radical (unpaired) electrons. The predicted molar refractivity (Wildman–Crippen MR) is 136 cm³/mol. The Kier molecular flexibility index (Phi) is 7.37. The van der Waals surface area contributed by atoms with Crippen LogP contribution in [0.1, 0.15) is 34.6 Å². The number of methoxy groups -OCH3 is 4. The van der Waals surface area contributed by atoms with E-state index in [0.717, 1.165) is 73.2 Å². The molecule has 0 spiro atoms. The van der Waals surface area contributed by atoms with Gasteiger partial charge in [-0.15, -0.1) is 0 Å². The van der Waals surface area contributed by atoms with Crippen molar-refractivity contribution in [1.82, 2.24) is 9.80 Å². The third-order valence-corrected chi connectivity index (χ3v) is 6.90. The zero-order chi connectivity index (χ0) is 24.2. The molecular formula is C28H36N2O4. The molecular weight excluding hydrogens is 428 g/mol. The number of fused-ring (bicyclic) bond motifs is 2. The summed E-state index contributed by atoms with van der Waals surface area (Å²) in [5.41, 5.74) is 6.20. The van der Waals surface area contributed by atoms with E-state index >= 15 is 0 Å². The summed E-state index contributed by atoms with van der Waals surface area (Å²) in [5, 5.41) is 0. The largest absolute Gasteiger partial charge is 0.493 e. The first-order valence-corrected chi connectivity index (χ1v) is 11.8. The van der Waals surface area contributed by atoms with Crippen molar-refractivity contribution in [3.63, 3.8) is 0 Å². The Labute approximate surface area is 203 Å². The van der Waals surface area contributed by atoms with Crippen molar-refractivity contribution < 1.29 is 18.9 Å². The van der Waals surface area contributed by atoms with Crippen LogP contribution in [-0.4, -0.2) is 64.9 Å². The van der Waals surface area contributed by atoms with Crippen LogP contribution >= 0.6 is 0 Å². The fourth-order valence-corrected chi connectivity index (χ4v) is 4.95. The summed E-state index contributed by atoms with van der Waals surface area (Å²) in [6.07, 6.45) is 7.24. The molecule has 2 aromatic carbocycles. The van der Waals surface area contributed by atoms with Gasteiger partial charge in [-0.25, -0.2) is 0 Å². The van der Waals surface area contributed by atoms with E-state index in [2.05, 4.69) is 53.9 Å². The number of hydrogen-bond acceptors (Lipinski definition) is 6. The van der Waals surface area contributed by atoms with Gasteiger partial charge in [0, 0.05) is 37.3 Å². The molecule has 1 aliphatic carbocycles. The SMILES string of the molecule is C=C1Cc2cc(OC)c(OC)cc2C=CN1CCCN(C)C[C@H]1Cc2cc(OC)c(OC)cc21. The van der Waals surface area contributed by atoms with Crippen molar-refractivity contribution in [2.45, 2.75) is 25.2 Å². The van der Waals surface area contributed by atoms with E-state index in [1.54, 1.807) is 28.4 Å². The van der Waals surface area contributed by atoms with Gasteiger partial charge < -0.3 is 28.7 Å². The van der Waals surface area contributed by atoms with Gasteiger partial charge >= 0.3 is 0 Å².